The number of likely N-dealkylation sites (tertiary alicyclic amines) is 1. The number of hydrogen-bond acceptors (Lipinski definition) is 3. The summed E-state index contributed by atoms with van der Waals surface area (Å²) in [6, 6.07) is 16.5. The van der Waals surface area contributed by atoms with E-state index in [1.165, 1.54) is 12.0 Å². The van der Waals surface area contributed by atoms with E-state index in [4.69, 9.17) is 15.9 Å². The van der Waals surface area contributed by atoms with Crippen molar-refractivity contribution >= 4 is 11.6 Å². The van der Waals surface area contributed by atoms with Crippen LogP contribution in [0.25, 0.3) is 0 Å². The smallest absolute Gasteiger partial charge is 0.198 e. The number of nitrogens with two attached hydrogens (primary N) is 1. The van der Waals surface area contributed by atoms with Gasteiger partial charge in [0.25, 0.3) is 0 Å². The number of guanidine groups is 1. The molecule has 0 amide bonds. The van der Waals surface area contributed by atoms with Gasteiger partial charge in [-0.1, -0.05) is 50.6 Å². The van der Waals surface area contributed by atoms with Gasteiger partial charge in [-0.3, -0.25) is 5.41 Å². The van der Waals surface area contributed by atoms with Crippen LogP contribution < -0.4 is 15.4 Å². The molecule has 3 rings (SSSR count). The number of aryl methyl sites for hydroxylation is 1. The zero-order chi connectivity index (χ0) is 22.4. The van der Waals surface area contributed by atoms with Crippen LogP contribution in [0, 0.1) is 23.7 Å². The fraction of sp³-hybridized carbons (Fsp3) is 0.500. The standard InChI is InChI=1S/C26H38N4O/c1-20-7-9-22(10-8-20)17-31-24-13-11-23(12-14-24)30(19-26(3,4)18-27)25(28)29-15-5-6-21(2)16-29/h7-14,21,28H,5-6,15-19,27H2,1-4H3. The van der Waals surface area contributed by atoms with Gasteiger partial charge >= 0.3 is 0 Å². The van der Waals surface area contributed by atoms with Crippen LogP contribution in [0.4, 0.5) is 5.69 Å². The third-order valence-electron chi connectivity index (χ3n) is 6.03. The van der Waals surface area contributed by atoms with Crippen molar-refractivity contribution in [2.75, 3.05) is 31.1 Å². The number of benzene rings is 2. The first-order valence-electron chi connectivity index (χ1n) is 11.4. The average Bonchev–Trinajstić information content (AvgIpc) is 2.77. The monoisotopic (exact) mass is 422 g/mol. The molecule has 5 nitrogen and oxygen atoms in total. The molecular formula is C26H38N4O. The summed E-state index contributed by atoms with van der Waals surface area (Å²) in [7, 11) is 0. The van der Waals surface area contributed by atoms with Crippen LogP contribution in [0.1, 0.15) is 44.7 Å². The summed E-state index contributed by atoms with van der Waals surface area (Å²) in [6.45, 7) is 12.4. The summed E-state index contributed by atoms with van der Waals surface area (Å²) in [6.07, 6.45) is 2.38. The highest BCUT2D eigenvalue weighted by molar-refractivity contribution is 5.94. The Morgan fingerprint density at radius 3 is 2.45 bits per heavy atom. The highest BCUT2D eigenvalue weighted by atomic mass is 16.5. The number of ether oxygens (including phenoxy) is 1. The molecule has 1 unspecified atom stereocenters. The number of hydrogen-bond donors (Lipinski definition) is 2. The van der Waals surface area contributed by atoms with Gasteiger partial charge < -0.3 is 20.3 Å². The normalized spacial score (nSPS) is 16.8. The fourth-order valence-corrected chi connectivity index (χ4v) is 3.91. The van der Waals surface area contributed by atoms with Crippen molar-refractivity contribution < 1.29 is 4.74 Å². The van der Waals surface area contributed by atoms with Gasteiger partial charge in [-0.2, -0.15) is 0 Å². The van der Waals surface area contributed by atoms with Crippen molar-refractivity contribution in [1.82, 2.24) is 4.90 Å². The lowest BCUT2D eigenvalue weighted by Crippen LogP contribution is -2.51. The predicted octanol–water partition coefficient (Wildman–Crippen LogP) is 5.03. The number of nitrogens with one attached hydrogen (secondary N) is 1. The molecule has 0 saturated carbocycles. The molecule has 0 aliphatic carbocycles. The molecule has 1 saturated heterocycles. The lowest BCUT2D eigenvalue weighted by atomic mass is 9.92. The van der Waals surface area contributed by atoms with Crippen LogP contribution in [0.15, 0.2) is 48.5 Å². The Labute approximate surface area is 187 Å². The molecule has 31 heavy (non-hydrogen) atoms. The fourth-order valence-electron chi connectivity index (χ4n) is 3.91. The Balaban J connectivity index is 1.73. The number of nitrogens with zero attached hydrogens (tertiary/aromatic N) is 2. The minimum Gasteiger partial charge on any atom is -0.489 e. The van der Waals surface area contributed by atoms with Crippen LogP contribution in [0.5, 0.6) is 5.75 Å². The van der Waals surface area contributed by atoms with Crippen molar-refractivity contribution in [1.29, 1.82) is 5.41 Å². The second kappa shape index (κ2) is 10.2. The second-order valence-electron chi connectivity index (χ2n) is 9.74. The number of anilines is 1. The quantitative estimate of drug-likeness (QED) is 0.485. The van der Waals surface area contributed by atoms with Crippen molar-refractivity contribution in [3.8, 4) is 5.75 Å². The van der Waals surface area contributed by atoms with Gasteiger partial charge in [0.2, 0.25) is 0 Å². The Hall–Kier alpha value is -2.53. The highest BCUT2D eigenvalue weighted by Crippen LogP contribution is 2.27. The molecule has 2 aromatic carbocycles. The van der Waals surface area contributed by atoms with Gasteiger partial charge in [0.05, 0.1) is 0 Å². The van der Waals surface area contributed by atoms with E-state index < -0.39 is 0 Å². The molecule has 2 aromatic rings. The maximum absolute atomic E-state index is 8.97. The van der Waals surface area contributed by atoms with Gasteiger partial charge in [0.1, 0.15) is 12.4 Å². The van der Waals surface area contributed by atoms with Gasteiger partial charge in [-0.15, -0.1) is 0 Å². The first-order valence-corrected chi connectivity index (χ1v) is 11.4. The molecule has 1 aliphatic rings. The molecule has 0 aromatic heterocycles. The van der Waals surface area contributed by atoms with E-state index in [0.29, 0.717) is 31.6 Å². The number of piperidine rings is 1. The first-order chi connectivity index (χ1) is 14.8. The van der Waals surface area contributed by atoms with Crippen molar-refractivity contribution in [2.45, 2.75) is 47.1 Å². The first kappa shape index (κ1) is 23.1. The van der Waals surface area contributed by atoms with Crippen LogP contribution in [0.3, 0.4) is 0 Å². The molecule has 0 bridgehead atoms. The minimum absolute atomic E-state index is 0.0890. The maximum Gasteiger partial charge on any atom is 0.198 e. The summed E-state index contributed by atoms with van der Waals surface area (Å²) in [5, 5.41) is 8.97. The lowest BCUT2D eigenvalue weighted by Gasteiger charge is -2.40. The second-order valence-corrected chi connectivity index (χ2v) is 9.74. The molecule has 0 spiro atoms. The molecule has 1 heterocycles. The van der Waals surface area contributed by atoms with E-state index in [0.717, 1.165) is 36.5 Å². The summed E-state index contributed by atoms with van der Waals surface area (Å²) < 4.78 is 5.98. The Morgan fingerprint density at radius 2 is 1.84 bits per heavy atom. The van der Waals surface area contributed by atoms with Crippen molar-refractivity contribution in [2.24, 2.45) is 17.1 Å². The molecule has 168 valence electrons. The van der Waals surface area contributed by atoms with Gasteiger partial charge in [0, 0.05) is 25.3 Å². The highest BCUT2D eigenvalue weighted by Gasteiger charge is 2.28. The van der Waals surface area contributed by atoms with E-state index in [-0.39, 0.29) is 5.41 Å². The summed E-state index contributed by atoms with van der Waals surface area (Å²) in [5.41, 5.74) is 9.35. The van der Waals surface area contributed by atoms with Crippen LogP contribution >= 0.6 is 0 Å². The SMILES string of the molecule is Cc1ccc(COc2ccc(N(CC(C)(C)CN)C(=N)N3CCCC(C)C3)cc2)cc1. The third kappa shape index (κ3) is 6.47. The van der Waals surface area contributed by atoms with Crippen LogP contribution in [-0.4, -0.2) is 37.0 Å². The Kier molecular flexibility index (Phi) is 7.60. The van der Waals surface area contributed by atoms with Gasteiger partial charge in [-0.05, 0) is 67.5 Å². The van der Waals surface area contributed by atoms with E-state index >= 15 is 0 Å². The van der Waals surface area contributed by atoms with E-state index in [1.807, 2.05) is 12.1 Å². The summed E-state index contributed by atoms with van der Waals surface area (Å²) in [5.74, 6) is 2.03. The predicted molar refractivity (Wildman–Crippen MR) is 130 cm³/mol. The molecule has 5 heteroatoms. The molecule has 1 atom stereocenters. The van der Waals surface area contributed by atoms with E-state index in [2.05, 4.69) is 73.9 Å². The summed E-state index contributed by atoms with van der Waals surface area (Å²) in [4.78, 5) is 4.32. The van der Waals surface area contributed by atoms with E-state index in [1.54, 1.807) is 0 Å². The van der Waals surface area contributed by atoms with Crippen LogP contribution in [-0.2, 0) is 6.61 Å². The van der Waals surface area contributed by atoms with E-state index in [9.17, 15) is 0 Å². The minimum atomic E-state index is -0.0890. The molecule has 1 aliphatic heterocycles. The average molecular weight is 423 g/mol. The largest absolute Gasteiger partial charge is 0.489 e. The topological polar surface area (TPSA) is 65.6 Å². The zero-order valence-corrected chi connectivity index (χ0v) is 19.5. The molecule has 0 radical (unpaired) electrons. The summed E-state index contributed by atoms with van der Waals surface area (Å²) >= 11 is 0. The van der Waals surface area contributed by atoms with Gasteiger partial charge in [0.15, 0.2) is 5.96 Å². The Bertz CT molecular complexity index is 845. The maximum atomic E-state index is 8.97. The van der Waals surface area contributed by atoms with Crippen molar-refractivity contribution in [3.63, 3.8) is 0 Å². The van der Waals surface area contributed by atoms with Gasteiger partial charge in [-0.25, -0.2) is 0 Å². The third-order valence-corrected chi connectivity index (χ3v) is 6.03. The van der Waals surface area contributed by atoms with Crippen molar-refractivity contribution in [3.05, 3.63) is 59.7 Å². The molecular weight excluding hydrogens is 384 g/mol. The van der Waals surface area contributed by atoms with Crippen LogP contribution in [0.2, 0.25) is 0 Å². The number of rotatable bonds is 7. The Morgan fingerprint density at radius 1 is 1.16 bits per heavy atom. The molecule has 3 N–H and O–H groups in total. The zero-order valence-electron chi connectivity index (χ0n) is 19.5. The lowest BCUT2D eigenvalue weighted by molar-refractivity contribution is 0.265. The molecule has 1 fully saturated rings.